The van der Waals surface area contributed by atoms with E-state index in [-0.39, 0.29) is 37.9 Å². The molecule has 0 aliphatic carbocycles. The summed E-state index contributed by atoms with van der Waals surface area (Å²) < 4.78 is 30.6. The van der Waals surface area contributed by atoms with Crippen molar-refractivity contribution in [3.63, 3.8) is 0 Å². The molecule has 0 saturated carbocycles. The maximum atomic E-state index is 13.5. The summed E-state index contributed by atoms with van der Waals surface area (Å²) in [5, 5.41) is 3.02. The summed E-state index contributed by atoms with van der Waals surface area (Å²) in [5.41, 5.74) is 0. The van der Waals surface area contributed by atoms with Crippen LogP contribution in [0.5, 0.6) is 0 Å². The Hall–Kier alpha value is -3.59. The Morgan fingerprint density at radius 1 is 0.493 bits per heavy atom. The fraction of sp³-hybridized carbons (Fsp3) is 0.662. The lowest BCUT2D eigenvalue weighted by Crippen LogP contribution is -2.47. The standard InChI is InChI=1S/C65H111N2O7P/c1-7-10-13-16-19-22-25-28-30-32-33-35-37-40-43-46-49-52-55-58-65(69)74-63(56-53-50-47-44-41-38-27-24-21-18-15-12-9-3)62(61-73-75(70,71)72-60-59-67(4,5)6)66-64(68)57-54-51-48-45-42-39-36-34-31-29-26-23-20-17-14-11-8-2/h11,14,17,19-20,22-23,26,28-31,33-36,39,42,53,56,62-63H,7-10,12-13,15-16,18,21,24-25,27,32,37-38,40-41,43-52,54-55,57-61H2,1-6H3,(H-,66,68,70,71)/p+1/b14-11-,20-17+,22-19-,26-23+,30-28-,31-29-,35-33-,36-34+,42-39+,56-53+. The molecule has 428 valence electrons. The number of phosphoric ester groups is 1. The Kier molecular flexibility index (Phi) is 51.2. The quantitative estimate of drug-likeness (QED) is 0.0156. The van der Waals surface area contributed by atoms with Crippen molar-refractivity contribution in [3.8, 4) is 0 Å². The molecule has 0 aliphatic rings. The van der Waals surface area contributed by atoms with Gasteiger partial charge in [0.1, 0.15) is 19.3 Å². The molecule has 75 heavy (non-hydrogen) atoms. The molecule has 0 aliphatic heterocycles. The molecule has 9 nitrogen and oxygen atoms in total. The number of amides is 1. The summed E-state index contributed by atoms with van der Waals surface area (Å²) in [6, 6.07) is -0.886. The summed E-state index contributed by atoms with van der Waals surface area (Å²) >= 11 is 0. The van der Waals surface area contributed by atoms with Gasteiger partial charge >= 0.3 is 13.8 Å². The molecule has 0 radical (unpaired) electrons. The highest BCUT2D eigenvalue weighted by Gasteiger charge is 2.30. The Labute approximate surface area is 461 Å². The average molecular weight is 1060 g/mol. The fourth-order valence-corrected chi connectivity index (χ4v) is 8.65. The minimum atomic E-state index is -4.47. The largest absolute Gasteiger partial charge is 0.472 e. The third-order valence-electron chi connectivity index (χ3n) is 12.5. The lowest BCUT2D eigenvalue weighted by atomic mass is 10.0. The van der Waals surface area contributed by atoms with Gasteiger partial charge in [-0.3, -0.25) is 18.6 Å². The monoisotopic (exact) mass is 1060 g/mol. The number of quaternary nitrogens is 1. The van der Waals surface area contributed by atoms with Crippen LogP contribution in [0.25, 0.3) is 0 Å². The Balaban J connectivity index is 5.46. The average Bonchev–Trinajstić information content (AvgIpc) is 3.37. The smallest absolute Gasteiger partial charge is 0.456 e. The van der Waals surface area contributed by atoms with Crippen molar-refractivity contribution in [3.05, 3.63) is 122 Å². The molecular weight excluding hydrogens is 952 g/mol. The van der Waals surface area contributed by atoms with Crippen molar-refractivity contribution in [2.24, 2.45) is 0 Å². The lowest BCUT2D eigenvalue weighted by molar-refractivity contribution is -0.870. The summed E-state index contributed by atoms with van der Waals surface area (Å²) in [6.07, 6.45) is 74.7. The van der Waals surface area contributed by atoms with Crippen molar-refractivity contribution in [1.29, 1.82) is 0 Å². The molecule has 2 N–H and O–H groups in total. The van der Waals surface area contributed by atoms with Crippen molar-refractivity contribution in [2.45, 2.75) is 238 Å². The molecule has 1 amide bonds. The highest BCUT2D eigenvalue weighted by Crippen LogP contribution is 2.43. The molecule has 3 atom stereocenters. The zero-order valence-corrected chi connectivity index (χ0v) is 49.6. The number of allylic oxidation sites excluding steroid dienone is 19. The first-order valence-electron chi connectivity index (χ1n) is 29.9. The normalized spacial score (nSPS) is 14.6. The van der Waals surface area contributed by atoms with Crippen LogP contribution in [0.1, 0.15) is 226 Å². The van der Waals surface area contributed by atoms with Gasteiger partial charge < -0.3 is 19.4 Å². The second-order valence-corrected chi connectivity index (χ2v) is 22.4. The summed E-state index contributed by atoms with van der Waals surface area (Å²) in [7, 11) is 1.44. The van der Waals surface area contributed by atoms with Gasteiger partial charge in [0.05, 0.1) is 33.8 Å². The third kappa shape index (κ3) is 55.0. The van der Waals surface area contributed by atoms with Crippen LogP contribution in [0.15, 0.2) is 122 Å². The van der Waals surface area contributed by atoms with E-state index < -0.39 is 20.0 Å². The van der Waals surface area contributed by atoms with E-state index in [9.17, 15) is 19.0 Å². The molecule has 0 aromatic carbocycles. The topological polar surface area (TPSA) is 111 Å². The van der Waals surface area contributed by atoms with E-state index in [1.165, 1.54) is 83.5 Å². The van der Waals surface area contributed by atoms with Gasteiger partial charge in [0.15, 0.2) is 0 Å². The first-order chi connectivity index (χ1) is 36.4. The number of hydrogen-bond donors (Lipinski definition) is 2. The number of nitrogens with zero attached hydrogens (tertiary/aromatic N) is 1. The second-order valence-electron chi connectivity index (χ2n) is 20.9. The van der Waals surface area contributed by atoms with E-state index in [0.29, 0.717) is 23.9 Å². The van der Waals surface area contributed by atoms with Crippen LogP contribution in [0.4, 0.5) is 0 Å². The van der Waals surface area contributed by atoms with E-state index >= 15 is 0 Å². The number of unbranched alkanes of at least 4 members (excludes halogenated alkanes) is 23. The third-order valence-corrected chi connectivity index (χ3v) is 13.5. The molecule has 0 heterocycles. The SMILES string of the molecule is CC\C=C/C=C/C=C/C=C\C=C\C=C\CCCCCC(=O)NC(COP(=O)(O)OCC[N+](C)(C)C)C(/C=C/CCCCCCCCCCCCC)OC(=O)CCCCCCCC/C=C\C/C=C\C/C=C\CCCCC. The molecule has 0 aromatic heterocycles. The lowest BCUT2D eigenvalue weighted by Gasteiger charge is -2.27. The number of carbonyl (C=O) groups excluding carboxylic acids is 2. The van der Waals surface area contributed by atoms with Gasteiger partial charge in [0, 0.05) is 12.8 Å². The first kappa shape index (κ1) is 71.4. The summed E-state index contributed by atoms with van der Waals surface area (Å²) in [6.45, 7) is 6.78. The van der Waals surface area contributed by atoms with E-state index in [4.69, 9.17) is 13.8 Å². The number of esters is 1. The van der Waals surface area contributed by atoms with E-state index in [1.807, 2.05) is 94.1 Å². The van der Waals surface area contributed by atoms with Crippen molar-refractivity contribution < 1.29 is 37.3 Å². The maximum absolute atomic E-state index is 13.5. The number of phosphoric acid groups is 1. The van der Waals surface area contributed by atoms with Gasteiger partial charge in [-0.25, -0.2) is 4.57 Å². The van der Waals surface area contributed by atoms with Crippen molar-refractivity contribution in [1.82, 2.24) is 5.32 Å². The highest BCUT2D eigenvalue weighted by atomic mass is 31.2. The number of rotatable bonds is 52. The van der Waals surface area contributed by atoms with Crippen LogP contribution in [-0.2, 0) is 27.9 Å². The molecule has 0 rings (SSSR count). The Morgan fingerprint density at radius 2 is 0.907 bits per heavy atom. The van der Waals surface area contributed by atoms with Gasteiger partial charge in [0.25, 0.3) is 0 Å². The number of hydrogen-bond acceptors (Lipinski definition) is 6. The van der Waals surface area contributed by atoms with E-state index in [2.05, 4.69) is 74.7 Å². The van der Waals surface area contributed by atoms with E-state index in [1.54, 1.807) is 0 Å². The van der Waals surface area contributed by atoms with Gasteiger partial charge in [-0.05, 0) is 89.5 Å². The fourth-order valence-electron chi connectivity index (χ4n) is 7.92. The number of nitrogens with one attached hydrogen (secondary N) is 1. The minimum absolute atomic E-state index is 0.0218. The number of ether oxygens (including phenoxy) is 1. The molecule has 0 spiro atoms. The van der Waals surface area contributed by atoms with Gasteiger partial charge in [-0.1, -0.05) is 245 Å². The summed E-state index contributed by atoms with van der Waals surface area (Å²) in [5.74, 6) is -0.579. The zero-order chi connectivity index (χ0) is 55.0. The highest BCUT2D eigenvalue weighted by molar-refractivity contribution is 7.47. The Bertz CT molecular complexity index is 1700. The van der Waals surface area contributed by atoms with Gasteiger partial charge in [0.2, 0.25) is 5.91 Å². The molecule has 0 bridgehead atoms. The van der Waals surface area contributed by atoms with Crippen LogP contribution < -0.4 is 5.32 Å². The van der Waals surface area contributed by atoms with Gasteiger partial charge in [-0.2, -0.15) is 0 Å². The minimum Gasteiger partial charge on any atom is -0.456 e. The van der Waals surface area contributed by atoms with Crippen LogP contribution >= 0.6 is 7.82 Å². The molecule has 0 fully saturated rings. The van der Waals surface area contributed by atoms with Crippen LogP contribution in [0.3, 0.4) is 0 Å². The predicted molar refractivity (Wildman–Crippen MR) is 323 cm³/mol. The number of carbonyl (C=O) groups is 2. The van der Waals surface area contributed by atoms with Crippen molar-refractivity contribution >= 4 is 19.7 Å². The molecular formula is C65H112N2O7P+. The summed E-state index contributed by atoms with van der Waals surface area (Å²) in [4.78, 5) is 37.7. The molecule has 0 aromatic rings. The first-order valence-corrected chi connectivity index (χ1v) is 31.4. The van der Waals surface area contributed by atoms with Gasteiger partial charge in [-0.15, -0.1) is 0 Å². The number of likely N-dealkylation sites (N-methyl/N-ethyl adjacent to an activating group) is 1. The molecule has 0 saturated heterocycles. The molecule has 3 unspecified atom stereocenters. The van der Waals surface area contributed by atoms with Crippen LogP contribution in [0, 0.1) is 0 Å². The predicted octanol–water partition coefficient (Wildman–Crippen LogP) is 18.3. The van der Waals surface area contributed by atoms with Crippen LogP contribution in [-0.4, -0.2) is 74.3 Å². The zero-order valence-electron chi connectivity index (χ0n) is 48.7. The van der Waals surface area contributed by atoms with Crippen LogP contribution in [0.2, 0.25) is 0 Å². The Morgan fingerprint density at radius 3 is 1.44 bits per heavy atom. The maximum Gasteiger partial charge on any atom is 0.472 e. The van der Waals surface area contributed by atoms with E-state index in [0.717, 1.165) is 96.3 Å². The second kappa shape index (κ2) is 53.8. The van der Waals surface area contributed by atoms with Crippen molar-refractivity contribution in [2.75, 3.05) is 40.9 Å². The molecule has 10 heteroatoms.